The summed E-state index contributed by atoms with van der Waals surface area (Å²) in [7, 11) is 0. The van der Waals surface area contributed by atoms with Gasteiger partial charge in [0.15, 0.2) is 5.11 Å². The maximum Gasteiger partial charge on any atom is 0.258 e. The van der Waals surface area contributed by atoms with E-state index in [-0.39, 0.29) is 5.91 Å². The van der Waals surface area contributed by atoms with Gasteiger partial charge in [-0.05, 0) is 59.8 Å². The van der Waals surface area contributed by atoms with E-state index in [1.165, 1.54) is 0 Å². The molecule has 0 aromatic heterocycles. The molecule has 0 saturated carbocycles. The van der Waals surface area contributed by atoms with Crippen molar-refractivity contribution in [2.75, 3.05) is 13.1 Å². The van der Waals surface area contributed by atoms with Crippen LogP contribution in [0.5, 0.6) is 0 Å². The van der Waals surface area contributed by atoms with E-state index in [1.807, 2.05) is 29.2 Å². The van der Waals surface area contributed by atoms with Gasteiger partial charge >= 0.3 is 0 Å². The summed E-state index contributed by atoms with van der Waals surface area (Å²) in [5.74, 6) is -0.119. The zero-order valence-electron chi connectivity index (χ0n) is 9.28. The van der Waals surface area contributed by atoms with Gasteiger partial charge in [-0.15, -0.1) is 0 Å². The first kappa shape index (κ1) is 12.8. The van der Waals surface area contributed by atoms with E-state index in [2.05, 4.69) is 27.9 Å². The molecule has 1 saturated heterocycles. The summed E-state index contributed by atoms with van der Waals surface area (Å²) in [5, 5.41) is 3.34. The fraction of sp³-hybridized carbons (Fsp3) is 0.333. The second-order valence-electron chi connectivity index (χ2n) is 3.93. The van der Waals surface area contributed by atoms with Crippen LogP contribution in [0, 0.1) is 3.57 Å². The Bertz CT molecular complexity index is 444. The second kappa shape index (κ2) is 5.77. The van der Waals surface area contributed by atoms with Gasteiger partial charge in [-0.25, -0.2) is 0 Å². The van der Waals surface area contributed by atoms with Gasteiger partial charge in [0, 0.05) is 16.7 Å². The fourth-order valence-corrected chi connectivity index (χ4v) is 2.72. The van der Waals surface area contributed by atoms with Crippen LogP contribution in [0.4, 0.5) is 0 Å². The van der Waals surface area contributed by atoms with Crippen LogP contribution in [0.15, 0.2) is 24.3 Å². The van der Waals surface area contributed by atoms with Crippen LogP contribution in [-0.4, -0.2) is 29.0 Å². The van der Waals surface area contributed by atoms with Crippen molar-refractivity contribution in [3.05, 3.63) is 33.4 Å². The number of amides is 1. The summed E-state index contributed by atoms with van der Waals surface area (Å²) in [6.45, 7) is 1.90. The minimum Gasteiger partial charge on any atom is -0.349 e. The van der Waals surface area contributed by atoms with Crippen LogP contribution in [0.1, 0.15) is 23.2 Å². The van der Waals surface area contributed by atoms with Crippen molar-refractivity contribution >= 4 is 45.8 Å². The molecule has 1 aliphatic rings. The average Bonchev–Trinajstić information content (AvgIpc) is 2.82. The van der Waals surface area contributed by atoms with Gasteiger partial charge in [0.2, 0.25) is 0 Å². The molecular weight excluding hydrogens is 347 g/mol. The lowest BCUT2D eigenvalue weighted by atomic mass is 10.2. The summed E-state index contributed by atoms with van der Waals surface area (Å²) in [4.78, 5) is 14.0. The molecule has 0 aliphatic carbocycles. The first-order valence-corrected chi connectivity index (χ1v) is 7.02. The Morgan fingerprint density at radius 3 is 2.59 bits per heavy atom. The normalized spacial score (nSPS) is 14.8. The van der Waals surface area contributed by atoms with Crippen molar-refractivity contribution in [2.24, 2.45) is 0 Å². The summed E-state index contributed by atoms with van der Waals surface area (Å²) in [5.41, 5.74) is 0.676. The number of hydrogen-bond donors (Lipinski definition) is 1. The molecule has 0 bridgehead atoms. The highest BCUT2D eigenvalue weighted by Gasteiger charge is 2.18. The summed E-state index contributed by atoms with van der Waals surface area (Å²) < 4.78 is 0.937. The molecule has 1 N–H and O–H groups in total. The molecule has 3 nitrogen and oxygen atoms in total. The van der Waals surface area contributed by atoms with Crippen LogP contribution in [-0.2, 0) is 0 Å². The summed E-state index contributed by atoms with van der Waals surface area (Å²) in [6, 6.07) is 7.49. The predicted octanol–water partition coefficient (Wildman–Crippen LogP) is 2.40. The maximum atomic E-state index is 12.0. The third-order valence-corrected chi connectivity index (χ3v) is 4.03. The van der Waals surface area contributed by atoms with E-state index in [4.69, 9.17) is 12.2 Å². The molecule has 1 amide bonds. The number of nitrogens with zero attached hydrogens (tertiary/aromatic N) is 1. The number of carbonyl (C=O) groups excluding carboxylic acids is 1. The monoisotopic (exact) mass is 360 g/mol. The Labute approximate surface area is 120 Å². The first-order valence-electron chi connectivity index (χ1n) is 5.53. The van der Waals surface area contributed by atoms with Crippen LogP contribution in [0.3, 0.4) is 0 Å². The molecule has 17 heavy (non-hydrogen) atoms. The number of hydrogen-bond acceptors (Lipinski definition) is 2. The molecule has 0 spiro atoms. The average molecular weight is 360 g/mol. The van der Waals surface area contributed by atoms with Gasteiger partial charge in [0.05, 0.1) is 5.56 Å². The smallest absolute Gasteiger partial charge is 0.258 e. The SMILES string of the molecule is O=C(NC(=S)N1CCCC1)c1ccccc1I. The molecule has 1 fully saturated rings. The lowest BCUT2D eigenvalue weighted by molar-refractivity contribution is 0.0973. The van der Waals surface area contributed by atoms with E-state index in [1.54, 1.807) is 0 Å². The van der Waals surface area contributed by atoms with Gasteiger partial charge in [-0.3, -0.25) is 10.1 Å². The van der Waals surface area contributed by atoms with Crippen LogP contribution >= 0.6 is 34.8 Å². The van der Waals surface area contributed by atoms with E-state index < -0.39 is 0 Å². The number of rotatable bonds is 1. The Kier molecular flexibility index (Phi) is 4.33. The number of benzene rings is 1. The third kappa shape index (κ3) is 3.16. The van der Waals surface area contributed by atoms with Gasteiger partial charge in [-0.1, -0.05) is 12.1 Å². The Hall–Kier alpha value is -0.690. The van der Waals surface area contributed by atoms with Crippen molar-refractivity contribution in [2.45, 2.75) is 12.8 Å². The predicted molar refractivity (Wildman–Crippen MR) is 80.0 cm³/mol. The van der Waals surface area contributed by atoms with Crippen molar-refractivity contribution in [3.63, 3.8) is 0 Å². The van der Waals surface area contributed by atoms with Crippen molar-refractivity contribution in [1.29, 1.82) is 0 Å². The number of thiocarbonyl (C=S) groups is 1. The van der Waals surface area contributed by atoms with Crippen molar-refractivity contribution < 1.29 is 4.79 Å². The molecule has 0 radical (unpaired) electrons. The van der Waals surface area contributed by atoms with E-state index in [0.29, 0.717) is 10.7 Å². The number of likely N-dealkylation sites (tertiary alicyclic amines) is 1. The third-order valence-electron chi connectivity index (χ3n) is 2.73. The van der Waals surface area contributed by atoms with Crippen LogP contribution < -0.4 is 5.32 Å². The highest BCUT2D eigenvalue weighted by atomic mass is 127. The Morgan fingerprint density at radius 1 is 1.29 bits per heavy atom. The van der Waals surface area contributed by atoms with E-state index in [0.717, 1.165) is 29.5 Å². The summed E-state index contributed by atoms with van der Waals surface area (Å²) >= 11 is 7.38. The molecule has 1 aromatic rings. The molecule has 0 unspecified atom stereocenters. The standard InChI is InChI=1S/C12H13IN2OS/c13-10-6-2-1-5-9(10)11(16)14-12(17)15-7-3-4-8-15/h1-2,5-6H,3-4,7-8H2,(H,14,16,17). The summed E-state index contributed by atoms with van der Waals surface area (Å²) in [6.07, 6.45) is 2.30. The van der Waals surface area contributed by atoms with Crippen LogP contribution in [0.25, 0.3) is 0 Å². The van der Waals surface area contributed by atoms with Crippen LogP contribution in [0.2, 0.25) is 0 Å². The van der Waals surface area contributed by atoms with Gasteiger partial charge in [-0.2, -0.15) is 0 Å². The lowest BCUT2D eigenvalue weighted by Crippen LogP contribution is -2.41. The first-order chi connectivity index (χ1) is 8.18. The lowest BCUT2D eigenvalue weighted by Gasteiger charge is -2.18. The Balaban J connectivity index is 2.02. The molecule has 90 valence electrons. The number of halogens is 1. The molecule has 0 atom stereocenters. The van der Waals surface area contributed by atoms with Gasteiger partial charge in [0.1, 0.15) is 0 Å². The quantitative estimate of drug-likeness (QED) is 0.617. The Morgan fingerprint density at radius 2 is 1.94 bits per heavy atom. The molecular formula is C12H13IN2OS. The van der Waals surface area contributed by atoms with Gasteiger partial charge in [0.25, 0.3) is 5.91 Å². The van der Waals surface area contributed by atoms with Crippen molar-refractivity contribution in [3.8, 4) is 0 Å². The highest BCUT2D eigenvalue weighted by Crippen LogP contribution is 2.12. The molecule has 1 heterocycles. The fourth-order valence-electron chi connectivity index (χ4n) is 1.81. The molecule has 5 heteroatoms. The topological polar surface area (TPSA) is 32.3 Å². The number of nitrogens with one attached hydrogen (secondary N) is 1. The van der Waals surface area contributed by atoms with E-state index in [9.17, 15) is 4.79 Å². The van der Waals surface area contributed by atoms with E-state index >= 15 is 0 Å². The minimum atomic E-state index is -0.119. The minimum absolute atomic E-state index is 0.119. The van der Waals surface area contributed by atoms with Gasteiger partial charge < -0.3 is 4.90 Å². The highest BCUT2D eigenvalue weighted by molar-refractivity contribution is 14.1. The number of carbonyl (C=O) groups is 1. The zero-order valence-corrected chi connectivity index (χ0v) is 12.3. The molecule has 1 aliphatic heterocycles. The molecule has 1 aromatic carbocycles. The zero-order chi connectivity index (χ0) is 12.3. The molecule has 2 rings (SSSR count). The van der Waals surface area contributed by atoms with Crippen molar-refractivity contribution in [1.82, 2.24) is 10.2 Å². The maximum absolute atomic E-state index is 12.0. The second-order valence-corrected chi connectivity index (χ2v) is 5.48. The largest absolute Gasteiger partial charge is 0.349 e.